The molecule has 0 saturated heterocycles. The summed E-state index contributed by atoms with van der Waals surface area (Å²) in [5.74, 6) is 0. The standard InChI is InChI=1S/C12H16ClF3N2/c1-18(2)8-3-4-9(10(13)7-8)11(17)5-6-12(14,15)16/h3-4,7,11H,5-6,17H2,1-2H3/t11-/m1/s1. The van der Waals surface area contributed by atoms with Crippen LogP contribution in [0.1, 0.15) is 24.4 Å². The molecule has 0 unspecified atom stereocenters. The number of nitrogens with zero attached hydrogens (tertiary/aromatic N) is 1. The highest BCUT2D eigenvalue weighted by atomic mass is 35.5. The summed E-state index contributed by atoms with van der Waals surface area (Å²) >= 11 is 6.03. The third-order valence-corrected chi connectivity index (χ3v) is 2.97. The third-order valence-electron chi connectivity index (χ3n) is 2.64. The van der Waals surface area contributed by atoms with Crippen molar-refractivity contribution in [2.24, 2.45) is 5.73 Å². The Morgan fingerprint density at radius 3 is 2.39 bits per heavy atom. The van der Waals surface area contributed by atoms with Gasteiger partial charge in [0.1, 0.15) is 0 Å². The summed E-state index contributed by atoms with van der Waals surface area (Å²) in [5.41, 5.74) is 7.16. The van der Waals surface area contributed by atoms with Gasteiger partial charge in [-0.15, -0.1) is 0 Å². The van der Waals surface area contributed by atoms with E-state index >= 15 is 0 Å². The lowest BCUT2D eigenvalue weighted by Gasteiger charge is -2.18. The van der Waals surface area contributed by atoms with Crippen molar-refractivity contribution in [3.8, 4) is 0 Å². The van der Waals surface area contributed by atoms with Crippen LogP contribution in [0.25, 0.3) is 0 Å². The molecule has 6 heteroatoms. The maximum atomic E-state index is 12.1. The van der Waals surface area contributed by atoms with Gasteiger partial charge in [0.2, 0.25) is 0 Å². The van der Waals surface area contributed by atoms with E-state index in [2.05, 4.69) is 0 Å². The first-order valence-corrected chi connectivity index (χ1v) is 5.87. The molecule has 1 atom stereocenters. The predicted molar refractivity (Wildman–Crippen MR) is 68.0 cm³/mol. The molecular weight excluding hydrogens is 265 g/mol. The minimum absolute atomic E-state index is 0.162. The van der Waals surface area contributed by atoms with Crippen LogP contribution in [-0.2, 0) is 0 Å². The van der Waals surface area contributed by atoms with E-state index in [9.17, 15) is 13.2 Å². The lowest BCUT2D eigenvalue weighted by atomic mass is 10.0. The van der Waals surface area contributed by atoms with Gasteiger partial charge in [0, 0.05) is 37.3 Å². The molecule has 0 spiro atoms. The fraction of sp³-hybridized carbons (Fsp3) is 0.500. The number of hydrogen-bond donors (Lipinski definition) is 1. The molecule has 2 N–H and O–H groups in total. The Labute approximate surface area is 110 Å². The van der Waals surface area contributed by atoms with Crippen LogP contribution in [0.5, 0.6) is 0 Å². The van der Waals surface area contributed by atoms with E-state index < -0.39 is 18.6 Å². The molecule has 0 saturated carbocycles. The molecule has 0 bridgehead atoms. The summed E-state index contributed by atoms with van der Waals surface area (Å²) in [6, 6.07) is 4.47. The number of anilines is 1. The van der Waals surface area contributed by atoms with Crippen LogP contribution in [0.3, 0.4) is 0 Å². The molecule has 0 radical (unpaired) electrons. The zero-order valence-electron chi connectivity index (χ0n) is 10.3. The molecule has 1 aromatic carbocycles. The highest BCUT2D eigenvalue weighted by molar-refractivity contribution is 6.31. The van der Waals surface area contributed by atoms with Gasteiger partial charge >= 0.3 is 6.18 Å². The molecule has 0 aliphatic rings. The normalized spacial score (nSPS) is 13.5. The molecule has 0 aromatic heterocycles. The van der Waals surface area contributed by atoms with Crippen LogP contribution >= 0.6 is 11.6 Å². The number of nitrogens with two attached hydrogens (primary N) is 1. The van der Waals surface area contributed by atoms with Crippen LogP contribution in [-0.4, -0.2) is 20.3 Å². The van der Waals surface area contributed by atoms with Crippen molar-refractivity contribution < 1.29 is 13.2 Å². The molecular formula is C12H16ClF3N2. The molecule has 0 fully saturated rings. The van der Waals surface area contributed by atoms with Crippen molar-refractivity contribution in [1.82, 2.24) is 0 Å². The molecule has 102 valence electrons. The number of benzene rings is 1. The van der Waals surface area contributed by atoms with Gasteiger partial charge in [0.15, 0.2) is 0 Å². The second-order valence-corrected chi connectivity index (χ2v) is 4.77. The minimum atomic E-state index is -4.19. The van der Waals surface area contributed by atoms with Gasteiger partial charge in [-0.05, 0) is 24.1 Å². The molecule has 0 aliphatic carbocycles. The molecule has 0 heterocycles. The van der Waals surface area contributed by atoms with Crippen molar-refractivity contribution in [3.05, 3.63) is 28.8 Å². The van der Waals surface area contributed by atoms with Crippen LogP contribution in [0, 0.1) is 0 Å². The SMILES string of the molecule is CN(C)c1ccc([C@H](N)CCC(F)(F)F)c(Cl)c1. The monoisotopic (exact) mass is 280 g/mol. The smallest absolute Gasteiger partial charge is 0.378 e. The summed E-state index contributed by atoms with van der Waals surface area (Å²) in [4.78, 5) is 1.86. The summed E-state index contributed by atoms with van der Waals surface area (Å²) in [6.07, 6.45) is -5.25. The van der Waals surface area contributed by atoms with E-state index in [0.717, 1.165) is 5.69 Å². The van der Waals surface area contributed by atoms with Crippen molar-refractivity contribution in [2.75, 3.05) is 19.0 Å². The summed E-state index contributed by atoms with van der Waals surface area (Å²) in [7, 11) is 3.71. The Morgan fingerprint density at radius 1 is 1.33 bits per heavy atom. The summed E-state index contributed by atoms with van der Waals surface area (Å²) in [5, 5.41) is 0.399. The minimum Gasteiger partial charge on any atom is -0.378 e. The second-order valence-electron chi connectivity index (χ2n) is 4.36. The average molecular weight is 281 g/mol. The molecule has 2 nitrogen and oxygen atoms in total. The quantitative estimate of drug-likeness (QED) is 0.910. The molecule has 0 aliphatic heterocycles. The summed E-state index contributed by atoms with van der Waals surface area (Å²) < 4.78 is 36.3. The van der Waals surface area contributed by atoms with Gasteiger partial charge in [-0.25, -0.2) is 0 Å². The maximum absolute atomic E-state index is 12.1. The van der Waals surface area contributed by atoms with Crippen LogP contribution in [0.2, 0.25) is 5.02 Å². The first-order chi connectivity index (χ1) is 8.20. The van der Waals surface area contributed by atoms with Crippen LogP contribution < -0.4 is 10.6 Å². The fourth-order valence-corrected chi connectivity index (χ4v) is 1.88. The van der Waals surface area contributed by atoms with Gasteiger partial charge in [-0.3, -0.25) is 0 Å². The fourth-order valence-electron chi connectivity index (χ4n) is 1.57. The molecule has 1 aromatic rings. The van der Waals surface area contributed by atoms with Gasteiger partial charge in [0.25, 0.3) is 0 Å². The van der Waals surface area contributed by atoms with E-state index in [1.54, 1.807) is 18.2 Å². The zero-order valence-corrected chi connectivity index (χ0v) is 11.0. The number of alkyl halides is 3. The molecule has 1 rings (SSSR count). The van der Waals surface area contributed by atoms with E-state index in [0.29, 0.717) is 10.6 Å². The topological polar surface area (TPSA) is 29.3 Å². The van der Waals surface area contributed by atoms with Crippen LogP contribution in [0.4, 0.5) is 18.9 Å². The van der Waals surface area contributed by atoms with Crippen molar-refractivity contribution in [1.29, 1.82) is 0 Å². The Bertz CT molecular complexity index is 405. The highest BCUT2D eigenvalue weighted by Crippen LogP contribution is 2.31. The van der Waals surface area contributed by atoms with E-state index in [1.807, 2.05) is 19.0 Å². The van der Waals surface area contributed by atoms with E-state index in [4.69, 9.17) is 17.3 Å². The van der Waals surface area contributed by atoms with E-state index in [-0.39, 0.29) is 6.42 Å². The Balaban J connectivity index is 2.77. The number of hydrogen-bond acceptors (Lipinski definition) is 2. The second kappa shape index (κ2) is 5.80. The van der Waals surface area contributed by atoms with Crippen molar-refractivity contribution in [3.63, 3.8) is 0 Å². The highest BCUT2D eigenvalue weighted by Gasteiger charge is 2.28. The lowest BCUT2D eigenvalue weighted by molar-refractivity contribution is -0.136. The Hall–Kier alpha value is -0.940. The largest absolute Gasteiger partial charge is 0.389 e. The molecule has 0 amide bonds. The third kappa shape index (κ3) is 4.38. The molecule has 18 heavy (non-hydrogen) atoms. The van der Waals surface area contributed by atoms with Gasteiger partial charge in [0.05, 0.1) is 0 Å². The van der Waals surface area contributed by atoms with Gasteiger partial charge in [-0.1, -0.05) is 17.7 Å². The number of halogens is 4. The van der Waals surface area contributed by atoms with E-state index in [1.165, 1.54) is 0 Å². The van der Waals surface area contributed by atoms with Crippen molar-refractivity contribution in [2.45, 2.75) is 25.1 Å². The zero-order chi connectivity index (χ0) is 13.9. The maximum Gasteiger partial charge on any atom is 0.389 e. The average Bonchev–Trinajstić information content (AvgIpc) is 2.24. The first-order valence-electron chi connectivity index (χ1n) is 5.50. The summed E-state index contributed by atoms with van der Waals surface area (Å²) in [6.45, 7) is 0. The number of rotatable bonds is 4. The predicted octanol–water partition coefficient (Wildman–Crippen LogP) is 3.75. The van der Waals surface area contributed by atoms with Gasteiger partial charge < -0.3 is 10.6 Å². The Morgan fingerprint density at radius 2 is 1.94 bits per heavy atom. The van der Waals surface area contributed by atoms with Crippen LogP contribution in [0.15, 0.2) is 18.2 Å². The van der Waals surface area contributed by atoms with Crippen molar-refractivity contribution >= 4 is 17.3 Å². The lowest BCUT2D eigenvalue weighted by Crippen LogP contribution is -2.16. The van der Waals surface area contributed by atoms with Gasteiger partial charge in [-0.2, -0.15) is 13.2 Å². The Kier molecular flexibility index (Phi) is 4.87. The first kappa shape index (κ1) is 15.1.